The van der Waals surface area contributed by atoms with Gasteiger partial charge in [-0.3, -0.25) is 4.79 Å². The Kier molecular flexibility index (Phi) is 3.64. The summed E-state index contributed by atoms with van der Waals surface area (Å²) in [7, 11) is 0. The Balaban J connectivity index is 1.90. The molecule has 1 saturated heterocycles. The van der Waals surface area contributed by atoms with Gasteiger partial charge in [0.05, 0.1) is 12.5 Å². The summed E-state index contributed by atoms with van der Waals surface area (Å²) in [6, 6.07) is 0. The van der Waals surface area contributed by atoms with Gasteiger partial charge in [-0.15, -0.1) is 0 Å². The lowest BCUT2D eigenvalue weighted by Gasteiger charge is -2.29. The highest BCUT2D eigenvalue weighted by Gasteiger charge is 2.28. The maximum absolute atomic E-state index is 12.1. The molecule has 0 radical (unpaired) electrons. The average molecular weight is 223 g/mol. The minimum atomic E-state index is 0.119. The Hall–Kier alpha value is -0.830. The molecule has 0 aliphatic carbocycles. The predicted molar refractivity (Wildman–Crippen MR) is 63.0 cm³/mol. The third-order valence-electron chi connectivity index (χ3n) is 3.58. The van der Waals surface area contributed by atoms with E-state index in [1.807, 2.05) is 4.90 Å². The second kappa shape index (κ2) is 5.00. The zero-order valence-corrected chi connectivity index (χ0v) is 10.2. The van der Waals surface area contributed by atoms with Crippen LogP contribution < -0.4 is 0 Å². The molecule has 0 aromatic heterocycles. The van der Waals surface area contributed by atoms with Crippen LogP contribution in [0.4, 0.5) is 0 Å². The molecule has 3 nitrogen and oxygen atoms in total. The Morgan fingerprint density at radius 3 is 2.88 bits per heavy atom. The lowest BCUT2D eigenvalue weighted by atomic mass is 9.96. The molecule has 0 spiro atoms. The van der Waals surface area contributed by atoms with Crippen molar-refractivity contribution < 1.29 is 9.53 Å². The molecule has 0 bridgehead atoms. The van der Waals surface area contributed by atoms with Crippen molar-refractivity contribution in [3.63, 3.8) is 0 Å². The normalized spacial score (nSPS) is 26.1. The molecule has 3 heteroatoms. The van der Waals surface area contributed by atoms with Crippen LogP contribution in [-0.4, -0.2) is 37.1 Å². The largest absolute Gasteiger partial charge is 0.381 e. The average Bonchev–Trinajstić information content (AvgIpc) is 2.81. The fourth-order valence-electron chi connectivity index (χ4n) is 2.40. The van der Waals surface area contributed by atoms with Gasteiger partial charge in [-0.25, -0.2) is 0 Å². The van der Waals surface area contributed by atoms with Gasteiger partial charge in [-0.2, -0.15) is 0 Å². The first-order valence-electron chi connectivity index (χ1n) is 6.24. The van der Waals surface area contributed by atoms with Gasteiger partial charge >= 0.3 is 0 Å². The number of hydrogen-bond acceptors (Lipinski definition) is 2. The summed E-state index contributed by atoms with van der Waals surface area (Å²) in [6.45, 7) is 7.48. The molecule has 16 heavy (non-hydrogen) atoms. The molecule has 0 saturated carbocycles. The van der Waals surface area contributed by atoms with Crippen LogP contribution in [0.15, 0.2) is 11.6 Å². The van der Waals surface area contributed by atoms with Crippen LogP contribution in [0, 0.1) is 11.8 Å². The highest BCUT2D eigenvalue weighted by molar-refractivity contribution is 5.79. The Labute approximate surface area is 97.5 Å². The molecular formula is C13H21NO2. The SMILES string of the molecule is CC(C)C1=CCN(C(=O)C2CCOC2)CC1. The number of nitrogens with zero attached hydrogens (tertiary/aromatic N) is 1. The summed E-state index contributed by atoms with van der Waals surface area (Å²) in [5, 5.41) is 0. The summed E-state index contributed by atoms with van der Waals surface area (Å²) in [6.07, 6.45) is 4.16. The van der Waals surface area contributed by atoms with Crippen molar-refractivity contribution >= 4 is 5.91 Å². The molecular weight excluding hydrogens is 202 g/mol. The standard InChI is InChI=1S/C13H21NO2/c1-10(2)11-3-6-14(7-4-11)13(15)12-5-8-16-9-12/h3,10,12H,4-9H2,1-2H3. The molecule has 2 aliphatic heterocycles. The third-order valence-corrected chi connectivity index (χ3v) is 3.58. The monoisotopic (exact) mass is 223 g/mol. The van der Waals surface area contributed by atoms with Crippen molar-refractivity contribution in [2.75, 3.05) is 26.3 Å². The van der Waals surface area contributed by atoms with Crippen LogP contribution in [0.5, 0.6) is 0 Å². The lowest BCUT2D eigenvalue weighted by molar-refractivity contribution is -0.135. The summed E-state index contributed by atoms with van der Waals surface area (Å²) in [5.74, 6) is 1.03. The molecule has 0 N–H and O–H groups in total. The van der Waals surface area contributed by atoms with E-state index in [1.54, 1.807) is 0 Å². The molecule has 0 aromatic rings. The molecule has 1 fully saturated rings. The van der Waals surface area contributed by atoms with E-state index in [0.29, 0.717) is 12.5 Å². The molecule has 1 amide bonds. The van der Waals surface area contributed by atoms with E-state index in [-0.39, 0.29) is 11.8 Å². The number of carbonyl (C=O) groups excluding carboxylic acids is 1. The Morgan fingerprint density at radius 2 is 2.38 bits per heavy atom. The highest BCUT2D eigenvalue weighted by atomic mass is 16.5. The smallest absolute Gasteiger partial charge is 0.228 e. The first kappa shape index (κ1) is 11.6. The van der Waals surface area contributed by atoms with E-state index in [2.05, 4.69) is 19.9 Å². The zero-order valence-electron chi connectivity index (χ0n) is 10.2. The van der Waals surface area contributed by atoms with Crippen molar-refractivity contribution in [3.05, 3.63) is 11.6 Å². The Bertz CT molecular complexity index is 290. The number of hydrogen-bond donors (Lipinski definition) is 0. The maximum Gasteiger partial charge on any atom is 0.228 e. The van der Waals surface area contributed by atoms with Crippen LogP contribution in [0.3, 0.4) is 0 Å². The fourth-order valence-corrected chi connectivity index (χ4v) is 2.40. The molecule has 1 unspecified atom stereocenters. The summed E-state index contributed by atoms with van der Waals surface area (Å²) in [4.78, 5) is 14.1. The van der Waals surface area contributed by atoms with Gasteiger partial charge in [-0.05, 0) is 18.8 Å². The minimum Gasteiger partial charge on any atom is -0.381 e. The van der Waals surface area contributed by atoms with E-state index >= 15 is 0 Å². The molecule has 2 aliphatic rings. The van der Waals surface area contributed by atoms with E-state index in [0.717, 1.165) is 32.5 Å². The van der Waals surface area contributed by atoms with Gasteiger partial charge in [-0.1, -0.05) is 25.5 Å². The van der Waals surface area contributed by atoms with Crippen LogP contribution in [0.25, 0.3) is 0 Å². The van der Waals surface area contributed by atoms with Gasteiger partial charge in [0.1, 0.15) is 0 Å². The molecule has 1 atom stereocenters. The van der Waals surface area contributed by atoms with E-state index in [9.17, 15) is 4.79 Å². The van der Waals surface area contributed by atoms with Crippen molar-refractivity contribution in [3.8, 4) is 0 Å². The van der Waals surface area contributed by atoms with E-state index < -0.39 is 0 Å². The van der Waals surface area contributed by atoms with Crippen molar-refractivity contribution in [1.82, 2.24) is 4.90 Å². The van der Waals surface area contributed by atoms with Gasteiger partial charge in [0.25, 0.3) is 0 Å². The molecule has 90 valence electrons. The van der Waals surface area contributed by atoms with E-state index in [4.69, 9.17) is 4.74 Å². The summed E-state index contributed by atoms with van der Waals surface area (Å²) >= 11 is 0. The second-order valence-electron chi connectivity index (χ2n) is 5.03. The van der Waals surface area contributed by atoms with Crippen LogP contribution in [0.2, 0.25) is 0 Å². The summed E-state index contributed by atoms with van der Waals surface area (Å²) < 4.78 is 5.27. The molecule has 0 aromatic carbocycles. The van der Waals surface area contributed by atoms with Gasteiger partial charge < -0.3 is 9.64 Å². The van der Waals surface area contributed by atoms with Gasteiger partial charge in [0.2, 0.25) is 5.91 Å². The third kappa shape index (κ3) is 2.46. The van der Waals surface area contributed by atoms with E-state index in [1.165, 1.54) is 5.57 Å². The zero-order chi connectivity index (χ0) is 11.5. The maximum atomic E-state index is 12.1. The van der Waals surface area contributed by atoms with Crippen molar-refractivity contribution in [1.29, 1.82) is 0 Å². The molecule has 2 heterocycles. The van der Waals surface area contributed by atoms with Gasteiger partial charge in [0.15, 0.2) is 0 Å². The Morgan fingerprint density at radius 1 is 1.56 bits per heavy atom. The quantitative estimate of drug-likeness (QED) is 0.668. The van der Waals surface area contributed by atoms with Crippen LogP contribution >= 0.6 is 0 Å². The van der Waals surface area contributed by atoms with Crippen LogP contribution in [0.1, 0.15) is 26.7 Å². The van der Waals surface area contributed by atoms with Crippen molar-refractivity contribution in [2.24, 2.45) is 11.8 Å². The number of amides is 1. The fraction of sp³-hybridized carbons (Fsp3) is 0.769. The van der Waals surface area contributed by atoms with Gasteiger partial charge in [0, 0.05) is 19.7 Å². The first-order valence-corrected chi connectivity index (χ1v) is 6.24. The van der Waals surface area contributed by atoms with Crippen molar-refractivity contribution in [2.45, 2.75) is 26.7 Å². The van der Waals surface area contributed by atoms with Crippen LogP contribution in [-0.2, 0) is 9.53 Å². The first-order chi connectivity index (χ1) is 7.68. The number of rotatable bonds is 2. The number of ether oxygens (including phenoxy) is 1. The second-order valence-corrected chi connectivity index (χ2v) is 5.03. The highest BCUT2D eigenvalue weighted by Crippen LogP contribution is 2.22. The topological polar surface area (TPSA) is 29.5 Å². The predicted octanol–water partition coefficient (Wildman–Crippen LogP) is 1.84. The minimum absolute atomic E-state index is 0.119. The molecule has 2 rings (SSSR count). The number of carbonyl (C=O) groups is 1. The lowest BCUT2D eigenvalue weighted by Crippen LogP contribution is -2.39. The summed E-state index contributed by atoms with van der Waals surface area (Å²) in [5.41, 5.74) is 1.49.